The van der Waals surface area contributed by atoms with Gasteiger partial charge in [0, 0.05) is 17.1 Å². The summed E-state index contributed by atoms with van der Waals surface area (Å²) in [5, 5.41) is 4.04. The number of nitrogen functional groups attached to an aromatic ring is 1. The Balaban J connectivity index is 2.22. The van der Waals surface area contributed by atoms with Crippen LogP contribution in [0.5, 0.6) is 5.75 Å². The van der Waals surface area contributed by atoms with E-state index >= 15 is 0 Å². The van der Waals surface area contributed by atoms with E-state index in [9.17, 15) is 4.79 Å². The molecule has 1 unspecified atom stereocenters. The Labute approximate surface area is 132 Å². The summed E-state index contributed by atoms with van der Waals surface area (Å²) in [5.74, 6) is 0.103. The van der Waals surface area contributed by atoms with E-state index in [1.165, 1.54) is 19.2 Å². The number of nitrogens with two attached hydrogens (primary N) is 1. The average Bonchev–Trinajstić information content (AvgIpc) is 2.88. The van der Waals surface area contributed by atoms with Crippen LogP contribution < -0.4 is 15.8 Å². The van der Waals surface area contributed by atoms with Gasteiger partial charge in [-0.2, -0.15) is 0 Å². The number of benzene rings is 1. The highest BCUT2D eigenvalue weighted by Crippen LogP contribution is 2.29. The van der Waals surface area contributed by atoms with Crippen LogP contribution in [0.4, 0.5) is 5.69 Å². The zero-order valence-corrected chi connectivity index (χ0v) is 13.5. The van der Waals surface area contributed by atoms with E-state index in [1.54, 1.807) is 17.5 Å². The number of methoxy groups -OCH3 is 1. The van der Waals surface area contributed by atoms with Crippen molar-refractivity contribution in [1.82, 2.24) is 10.3 Å². The van der Waals surface area contributed by atoms with Gasteiger partial charge in [-0.15, -0.1) is 11.3 Å². The number of hydrogen-bond donors (Lipinski definition) is 2. The van der Waals surface area contributed by atoms with Crippen molar-refractivity contribution >= 4 is 34.5 Å². The van der Waals surface area contributed by atoms with Crippen LogP contribution in [0.2, 0.25) is 5.02 Å². The van der Waals surface area contributed by atoms with Gasteiger partial charge in [0.25, 0.3) is 5.91 Å². The molecule has 5 nitrogen and oxygen atoms in total. The van der Waals surface area contributed by atoms with Gasteiger partial charge in [-0.3, -0.25) is 4.79 Å². The lowest BCUT2D eigenvalue weighted by atomic mass is 10.1. The molecule has 0 fully saturated rings. The fraction of sp³-hybridized carbons (Fsp3) is 0.286. The predicted molar refractivity (Wildman–Crippen MR) is 85.1 cm³/mol. The number of halogens is 1. The zero-order chi connectivity index (χ0) is 15.6. The summed E-state index contributed by atoms with van der Waals surface area (Å²) in [5.41, 5.74) is 6.42. The van der Waals surface area contributed by atoms with Gasteiger partial charge in [-0.05, 0) is 19.9 Å². The van der Waals surface area contributed by atoms with E-state index in [-0.39, 0.29) is 11.9 Å². The molecule has 1 aromatic carbocycles. The topological polar surface area (TPSA) is 77.2 Å². The van der Waals surface area contributed by atoms with Crippen molar-refractivity contribution in [3.63, 3.8) is 0 Å². The first-order valence-electron chi connectivity index (χ1n) is 6.28. The third-order valence-corrected chi connectivity index (χ3v) is 4.34. The van der Waals surface area contributed by atoms with E-state index in [0.717, 1.165) is 9.88 Å². The lowest BCUT2D eigenvalue weighted by molar-refractivity contribution is 0.0937. The monoisotopic (exact) mass is 325 g/mol. The van der Waals surface area contributed by atoms with Crippen LogP contribution in [0.25, 0.3) is 0 Å². The molecule has 1 atom stereocenters. The second-order valence-electron chi connectivity index (χ2n) is 4.58. The molecule has 3 N–H and O–H groups in total. The van der Waals surface area contributed by atoms with Crippen molar-refractivity contribution in [3.8, 4) is 5.75 Å². The summed E-state index contributed by atoms with van der Waals surface area (Å²) < 4.78 is 5.18. The number of rotatable bonds is 4. The van der Waals surface area contributed by atoms with Crippen LogP contribution >= 0.6 is 22.9 Å². The van der Waals surface area contributed by atoms with Crippen molar-refractivity contribution in [1.29, 1.82) is 0 Å². The SMILES string of the molecule is COc1cc(N)c(Cl)cc1C(=O)NC(C)c1ncc(C)s1. The molecule has 0 spiro atoms. The number of nitrogens with zero attached hydrogens (tertiary/aromatic N) is 1. The van der Waals surface area contributed by atoms with E-state index in [1.807, 2.05) is 13.8 Å². The molecule has 0 saturated heterocycles. The van der Waals surface area contributed by atoms with Crippen LogP contribution in [0.1, 0.15) is 33.2 Å². The second-order valence-corrected chi connectivity index (χ2v) is 6.25. The maximum Gasteiger partial charge on any atom is 0.255 e. The van der Waals surface area contributed by atoms with Crippen LogP contribution in [0.15, 0.2) is 18.3 Å². The first-order chi connectivity index (χ1) is 9.92. The lowest BCUT2D eigenvalue weighted by Crippen LogP contribution is -2.27. The molecule has 0 aliphatic rings. The molecular formula is C14H16ClN3O2S. The van der Waals surface area contributed by atoms with Gasteiger partial charge < -0.3 is 15.8 Å². The molecule has 0 aliphatic carbocycles. The van der Waals surface area contributed by atoms with Crippen molar-refractivity contribution in [2.75, 3.05) is 12.8 Å². The van der Waals surface area contributed by atoms with Gasteiger partial charge in [-0.1, -0.05) is 11.6 Å². The summed E-state index contributed by atoms with van der Waals surface area (Å²) >= 11 is 7.52. The third kappa shape index (κ3) is 3.46. The average molecular weight is 326 g/mol. The van der Waals surface area contributed by atoms with Gasteiger partial charge in [-0.25, -0.2) is 4.98 Å². The molecule has 2 rings (SSSR count). The summed E-state index contributed by atoms with van der Waals surface area (Å²) in [6.45, 7) is 3.85. The Bertz CT molecular complexity index is 672. The lowest BCUT2D eigenvalue weighted by Gasteiger charge is -2.14. The first-order valence-corrected chi connectivity index (χ1v) is 7.48. The summed E-state index contributed by atoms with van der Waals surface area (Å²) in [6, 6.07) is 2.84. The highest BCUT2D eigenvalue weighted by Gasteiger charge is 2.18. The number of amides is 1. The summed E-state index contributed by atoms with van der Waals surface area (Å²) in [7, 11) is 1.48. The predicted octanol–water partition coefficient (Wildman–Crippen LogP) is 3.19. The van der Waals surface area contributed by atoms with Gasteiger partial charge >= 0.3 is 0 Å². The third-order valence-electron chi connectivity index (χ3n) is 2.92. The van der Waals surface area contributed by atoms with Crippen molar-refractivity contribution in [3.05, 3.63) is 38.8 Å². The van der Waals surface area contributed by atoms with E-state index in [4.69, 9.17) is 22.1 Å². The fourth-order valence-electron chi connectivity index (χ4n) is 1.82. The Morgan fingerprint density at radius 2 is 2.24 bits per heavy atom. The van der Waals surface area contributed by atoms with Crippen molar-refractivity contribution in [2.45, 2.75) is 19.9 Å². The quantitative estimate of drug-likeness (QED) is 0.846. The number of aryl methyl sites for hydroxylation is 1. The Hall–Kier alpha value is -1.79. The number of hydrogen-bond acceptors (Lipinski definition) is 5. The van der Waals surface area contributed by atoms with Gasteiger partial charge in [0.15, 0.2) is 0 Å². The standard InChI is InChI=1S/C14H16ClN3O2S/c1-7-6-17-14(21-7)8(2)18-13(19)9-4-10(15)11(16)5-12(9)20-3/h4-6,8H,16H2,1-3H3,(H,18,19). The molecule has 0 radical (unpaired) electrons. The minimum atomic E-state index is -0.283. The maximum atomic E-state index is 12.4. The molecule has 1 heterocycles. The Kier molecular flexibility index (Phi) is 4.69. The summed E-state index contributed by atoms with van der Waals surface area (Å²) in [4.78, 5) is 17.7. The highest BCUT2D eigenvalue weighted by atomic mass is 35.5. The first kappa shape index (κ1) is 15.6. The molecule has 21 heavy (non-hydrogen) atoms. The molecule has 1 aromatic heterocycles. The number of carbonyl (C=O) groups is 1. The van der Waals surface area contributed by atoms with E-state index in [2.05, 4.69) is 10.3 Å². The van der Waals surface area contributed by atoms with Crippen LogP contribution in [-0.4, -0.2) is 18.0 Å². The molecule has 7 heteroatoms. The maximum absolute atomic E-state index is 12.4. The van der Waals surface area contributed by atoms with Crippen molar-refractivity contribution in [2.24, 2.45) is 0 Å². The van der Waals surface area contributed by atoms with Crippen LogP contribution in [0, 0.1) is 6.92 Å². The van der Waals surface area contributed by atoms with Crippen LogP contribution in [0.3, 0.4) is 0 Å². The molecule has 112 valence electrons. The van der Waals surface area contributed by atoms with Gasteiger partial charge in [0.1, 0.15) is 10.8 Å². The largest absolute Gasteiger partial charge is 0.496 e. The second kappa shape index (κ2) is 6.32. The highest BCUT2D eigenvalue weighted by molar-refractivity contribution is 7.11. The zero-order valence-electron chi connectivity index (χ0n) is 11.9. The molecular weight excluding hydrogens is 310 g/mol. The number of aromatic nitrogens is 1. The molecule has 2 aromatic rings. The van der Waals surface area contributed by atoms with E-state index in [0.29, 0.717) is 22.0 Å². The Morgan fingerprint density at radius 3 is 2.81 bits per heavy atom. The number of nitrogens with one attached hydrogen (secondary N) is 1. The Morgan fingerprint density at radius 1 is 1.52 bits per heavy atom. The molecule has 1 amide bonds. The smallest absolute Gasteiger partial charge is 0.255 e. The number of thiazole rings is 1. The number of carbonyl (C=O) groups excluding carboxylic acids is 1. The molecule has 0 aliphatic heterocycles. The van der Waals surface area contributed by atoms with Crippen LogP contribution in [-0.2, 0) is 0 Å². The molecule has 0 bridgehead atoms. The summed E-state index contributed by atoms with van der Waals surface area (Å²) in [6.07, 6.45) is 1.78. The minimum Gasteiger partial charge on any atom is -0.496 e. The number of anilines is 1. The van der Waals surface area contributed by atoms with Gasteiger partial charge in [0.2, 0.25) is 0 Å². The van der Waals surface area contributed by atoms with Gasteiger partial charge in [0.05, 0.1) is 29.4 Å². The van der Waals surface area contributed by atoms with Crippen molar-refractivity contribution < 1.29 is 9.53 Å². The van der Waals surface area contributed by atoms with E-state index < -0.39 is 0 Å². The minimum absolute atomic E-state index is 0.197. The molecule has 0 saturated carbocycles. The number of ether oxygens (including phenoxy) is 1. The normalized spacial score (nSPS) is 12.0. The fourth-order valence-corrected chi connectivity index (χ4v) is 2.76.